The van der Waals surface area contributed by atoms with Crippen molar-refractivity contribution in [2.45, 2.75) is 37.6 Å². The molecular formula is C19H27NO3. The molecule has 3 aliphatic rings. The highest BCUT2D eigenvalue weighted by molar-refractivity contribution is 5.13. The Kier molecular flexibility index (Phi) is 4.67. The largest absolute Gasteiger partial charge is 0.381 e. The van der Waals surface area contributed by atoms with Crippen LogP contribution in [0.25, 0.3) is 0 Å². The zero-order valence-corrected chi connectivity index (χ0v) is 13.8. The molecule has 3 unspecified atom stereocenters. The lowest BCUT2D eigenvalue weighted by Gasteiger charge is -2.24. The minimum absolute atomic E-state index is 0.0425. The van der Waals surface area contributed by atoms with Gasteiger partial charge in [0.25, 0.3) is 0 Å². The molecule has 3 heterocycles. The van der Waals surface area contributed by atoms with Crippen molar-refractivity contribution < 1.29 is 14.2 Å². The number of hydrogen-bond acceptors (Lipinski definition) is 4. The first kappa shape index (κ1) is 15.6. The van der Waals surface area contributed by atoms with E-state index in [0.717, 1.165) is 51.7 Å². The Labute approximate surface area is 138 Å². The normalized spacial score (nSPS) is 34.6. The maximum Gasteiger partial charge on any atom is 0.0847 e. The SMILES string of the molecule is c1ccc(COC2COC3(CCN(CC4CCOC4)C3)C2)cc1. The maximum atomic E-state index is 6.20. The van der Waals surface area contributed by atoms with Crippen molar-refractivity contribution in [3.05, 3.63) is 35.9 Å². The molecule has 1 aromatic rings. The molecule has 0 amide bonds. The molecular weight excluding hydrogens is 290 g/mol. The van der Waals surface area contributed by atoms with E-state index in [1.165, 1.54) is 18.5 Å². The van der Waals surface area contributed by atoms with Crippen LogP contribution in [0.5, 0.6) is 0 Å². The van der Waals surface area contributed by atoms with Gasteiger partial charge < -0.3 is 14.2 Å². The number of benzene rings is 1. The minimum atomic E-state index is 0.0425. The quantitative estimate of drug-likeness (QED) is 0.835. The summed E-state index contributed by atoms with van der Waals surface area (Å²) >= 11 is 0. The number of ether oxygens (including phenoxy) is 3. The number of rotatable bonds is 5. The molecule has 0 radical (unpaired) electrons. The van der Waals surface area contributed by atoms with Crippen LogP contribution in [-0.2, 0) is 20.8 Å². The molecule has 4 nitrogen and oxygen atoms in total. The fourth-order valence-corrected chi connectivity index (χ4v) is 4.16. The lowest BCUT2D eigenvalue weighted by Crippen LogP contribution is -2.35. The molecule has 0 saturated carbocycles. The molecule has 0 bridgehead atoms. The summed E-state index contributed by atoms with van der Waals surface area (Å²) in [5, 5.41) is 0. The lowest BCUT2D eigenvalue weighted by molar-refractivity contribution is -0.000767. The minimum Gasteiger partial charge on any atom is -0.381 e. The van der Waals surface area contributed by atoms with Gasteiger partial charge in [-0.15, -0.1) is 0 Å². The molecule has 23 heavy (non-hydrogen) atoms. The van der Waals surface area contributed by atoms with Gasteiger partial charge in [0.1, 0.15) is 0 Å². The molecule has 1 spiro atoms. The van der Waals surface area contributed by atoms with E-state index in [4.69, 9.17) is 14.2 Å². The third-order valence-electron chi connectivity index (χ3n) is 5.44. The fourth-order valence-electron chi connectivity index (χ4n) is 4.16. The second kappa shape index (κ2) is 6.89. The highest BCUT2D eigenvalue weighted by Gasteiger charge is 2.46. The average Bonchev–Trinajstić information content (AvgIpc) is 3.31. The van der Waals surface area contributed by atoms with Crippen LogP contribution in [-0.4, -0.2) is 56.1 Å². The van der Waals surface area contributed by atoms with Gasteiger partial charge >= 0.3 is 0 Å². The van der Waals surface area contributed by atoms with Crippen molar-refractivity contribution in [3.63, 3.8) is 0 Å². The van der Waals surface area contributed by atoms with Crippen molar-refractivity contribution >= 4 is 0 Å². The first-order valence-electron chi connectivity index (χ1n) is 8.91. The van der Waals surface area contributed by atoms with E-state index in [1.54, 1.807) is 0 Å². The van der Waals surface area contributed by atoms with E-state index in [0.29, 0.717) is 6.61 Å². The van der Waals surface area contributed by atoms with Crippen molar-refractivity contribution in [1.29, 1.82) is 0 Å². The molecule has 126 valence electrons. The molecule has 4 heteroatoms. The van der Waals surface area contributed by atoms with Crippen LogP contribution in [0.4, 0.5) is 0 Å². The standard InChI is InChI=1S/C19H27NO3/c1-2-4-16(5-3-1)13-22-18-10-19(23-14-18)7-8-20(15-19)11-17-6-9-21-12-17/h1-5,17-18H,6-15H2. The first-order chi connectivity index (χ1) is 11.3. The molecule has 3 aliphatic heterocycles. The van der Waals surface area contributed by atoms with Gasteiger partial charge in [-0.05, 0) is 24.3 Å². The molecule has 1 aromatic carbocycles. The Morgan fingerprint density at radius 3 is 2.96 bits per heavy atom. The predicted octanol–water partition coefficient (Wildman–Crippen LogP) is 2.47. The molecule has 0 N–H and O–H groups in total. The highest BCUT2D eigenvalue weighted by atomic mass is 16.6. The van der Waals surface area contributed by atoms with Crippen LogP contribution >= 0.6 is 0 Å². The summed E-state index contributed by atoms with van der Waals surface area (Å²) in [5.74, 6) is 0.719. The van der Waals surface area contributed by atoms with Gasteiger partial charge in [-0.25, -0.2) is 0 Å². The highest BCUT2D eigenvalue weighted by Crippen LogP contribution is 2.37. The smallest absolute Gasteiger partial charge is 0.0847 e. The summed E-state index contributed by atoms with van der Waals surface area (Å²) in [4.78, 5) is 2.57. The topological polar surface area (TPSA) is 30.9 Å². The van der Waals surface area contributed by atoms with E-state index in [9.17, 15) is 0 Å². The van der Waals surface area contributed by atoms with Crippen molar-refractivity contribution in [2.75, 3.05) is 39.5 Å². The Morgan fingerprint density at radius 2 is 2.13 bits per heavy atom. The average molecular weight is 317 g/mol. The summed E-state index contributed by atoms with van der Waals surface area (Å²) in [5.41, 5.74) is 1.28. The number of nitrogens with zero attached hydrogens (tertiary/aromatic N) is 1. The van der Waals surface area contributed by atoms with Crippen LogP contribution in [0, 0.1) is 5.92 Å². The van der Waals surface area contributed by atoms with E-state index in [1.807, 2.05) is 6.07 Å². The van der Waals surface area contributed by atoms with Crippen LogP contribution < -0.4 is 0 Å². The van der Waals surface area contributed by atoms with Crippen molar-refractivity contribution in [3.8, 4) is 0 Å². The van der Waals surface area contributed by atoms with E-state index in [2.05, 4.69) is 29.2 Å². The molecule has 4 rings (SSSR count). The van der Waals surface area contributed by atoms with E-state index in [-0.39, 0.29) is 11.7 Å². The second-order valence-corrected chi connectivity index (χ2v) is 7.33. The van der Waals surface area contributed by atoms with Gasteiger partial charge in [-0.2, -0.15) is 0 Å². The molecule has 3 atom stereocenters. The van der Waals surface area contributed by atoms with Crippen molar-refractivity contribution in [2.24, 2.45) is 5.92 Å². The van der Waals surface area contributed by atoms with Gasteiger partial charge in [0.15, 0.2) is 0 Å². The monoisotopic (exact) mass is 317 g/mol. The molecule has 0 aliphatic carbocycles. The summed E-state index contributed by atoms with van der Waals surface area (Å²) in [6.07, 6.45) is 3.64. The zero-order valence-electron chi connectivity index (χ0n) is 13.8. The Hall–Kier alpha value is -0.940. The van der Waals surface area contributed by atoms with Crippen LogP contribution in [0.15, 0.2) is 30.3 Å². The van der Waals surface area contributed by atoms with Crippen LogP contribution in [0.2, 0.25) is 0 Å². The van der Waals surface area contributed by atoms with Crippen LogP contribution in [0.3, 0.4) is 0 Å². The number of hydrogen-bond donors (Lipinski definition) is 0. The van der Waals surface area contributed by atoms with Gasteiger partial charge in [0.05, 0.1) is 31.5 Å². The Bertz CT molecular complexity index is 503. The number of likely N-dealkylation sites (tertiary alicyclic amines) is 1. The Morgan fingerprint density at radius 1 is 1.22 bits per heavy atom. The van der Waals surface area contributed by atoms with Gasteiger partial charge in [0, 0.05) is 32.7 Å². The third kappa shape index (κ3) is 3.77. The fraction of sp³-hybridized carbons (Fsp3) is 0.684. The predicted molar refractivity (Wildman–Crippen MR) is 88.3 cm³/mol. The molecule has 3 fully saturated rings. The summed E-state index contributed by atoms with van der Waals surface area (Å²) in [6.45, 7) is 6.70. The maximum absolute atomic E-state index is 6.20. The van der Waals surface area contributed by atoms with E-state index >= 15 is 0 Å². The summed E-state index contributed by atoms with van der Waals surface area (Å²) in [6, 6.07) is 10.4. The van der Waals surface area contributed by atoms with Gasteiger partial charge in [-0.3, -0.25) is 4.90 Å². The third-order valence-corrected chi connectivity index (χ3v) is 5.44. The summed E-state index contributed by atoms with van der Waals surface area (Å²) in [7, 11) is 0. The van der Waals surface area contributed by atoms with Crippen LogP contribution in [0.1, 0.15) is 24.8 Å². The summed E-state index contributed by atoms with van der Waals surface area (Å²) < 4.78 is 17.8. The second-order valence-electron chi connectivity index (χ2n) is 7.33. The van der Waals surface area contributed by atoms with E-state index < -0.39 is 0 Å². The van der Waals surface area contributed by atoms with Crippen molar-refractivity contribution in [1.82, 2.24) is 4.90 Å². The molecule has 3 saturated heterocycles. The Balaban J connectivity index is 1.25. The molecule has 0 aromatic heterocycles. The van der Waals surface area contributed by atoms with Gasteiger partial charge in [0.2, 0.25) is 0 Å². The lowest BCUT2D eigenvalue weighted by atomic mass is 9.98. The van der Waals surface area contributed by atoms with Gasteiger partial charge in [-0.1, -0.05) is 30.3 Å². The first-order valence-corrected chi connectivity index (χ1v) is 8.91. The zero-order chi connectivity index (χ0) is 15.5.